The summed E-state index contributed by atoms with van der Waals surface area (Å²) in [6.07, 6.45) is 5.48. The zero-order valence-corrected chi connectivity index (χ0v) is 13.9. The molecule has 0 radical (unpaired) electrons. The van der Waals surface area contributed by atoms with Gasteiger partial charge in [0.2, 0.25) is 5.91 Å². The number of carbonyl (C=O) groups is 1. The van der Waals surface area contributed by atoms with Crippen LogP contribution in [0.4, 0.5) is 0 Å². The summed E-state index contributed by atoms with van der Waals surface area (Å²) >= 11 is 0. The fourth-order valence-corrected chi connectivity index (χ4v) is 3.04. The SMILES string of the molecule is CO[C@@H]1C[C@@H](c2ncc[nH]2)N(C(=O)CCCOc2ccccc2)C1. The number of methoxy groups -OCH3 is 1. The highest BCUT2D eigenvalue weighted by Gasteiger charge is 2.37. The minimum absolute atomic E-state index is 0.0347. The second-order valence-electron chi connectivity index (χ2n) is 5.89. The molecule has 1 aliphatic rings. The van der Waals surface area contributed by atoms with Crippen molar-refractivity contribution in [3.8, 4) is 5.75 Å². The van der Waals surface area contributed by atoms with Gasteiger partial charge in [-0.25, -0.2) is 4.98 Å². The number of likely N-dealkylation sites (tertiary alicyclic amines) is 1. The van der Waals surface area contributed by atoms with Gasteiger partial charge in [0.1, 0.15) is 11.6 Å². The molecule has 6 nitrogen and oxygen atoms in total. The molecule has 0 saturated carbocycles. The van der Waals surface area contributed by atoms with Crippen molar-refractivity contribution in [2.24, 2.45) is 0 Å². The van der Waals surface area contributed by atoms with E-state index in [1.165, 1.54) is 0 Å². The molecule has 1 fully saturated rings. The van der Waals surface area contributed by atoms with Gasteiger partial charge < -0.3 is 19.4 Å². The molecule has 1 aliphatic heterocycles. The molecule has 2 heterocycles. The van der Waals surface area contributed by atoms with Crippen LogP contribution in [0.3, 0.4) is 0 Å². The van der Waals surface area contributed by atoms with Crippen molar-refractivity contribution in [2.75, 3.05) is 20.3 Å². The summed E-state index contributed by atoms with van der Waals surface area (Å²) in [5, 5.41) is 0. The van der Waals surface area contributed by atoms with Crippen LogP contribution >= 0.6 is 0 Å². The monoisotopic (exact) mass is 329 g/mol. The highest BCUT2D eigenvalue weighted by molar-refractivity contribution is 5.77. The second-order valence-corrected chi connectivity index (χ2v) is 5.89. The van der Waals surface area contributed by atoms with Crippen molar-refractivity contribution in [2.45, 2.75) is 31.4 Å². The first-order chi connectivity index (χ1) is 11.8. The predicted molar refractivity (Wildman–Crippen MR) is 89.6 cm³/mol. The van der Waals surface area contributed by atoms with Crippen LogP contribution in [0.15, 0.2) is 42.7 Å². The highest BCUT2D eigenvalue weighted by Crippen LogP contribution is 2.32. The van der Waals surface area contributed by atoms with E-state index in [1.54, 1.807) is 19.5 Å². The summed E-state index contributed by atoms with van der Waals surface area (Å²) < 4.78 is 11.1. The van der Waals surface area contributed by atoms with Crippen molar-refractivity contribution < 1.29 is 14.3 Å². The summed E-state index contributed by atoms with van der Waals surface area (Å²) in [6, 6.07) is 9.61. The second kappa shape index (κ2) is 7.97. The van der Waals surface area contributed by atoms with E-state index in [0.29, 0.717) is 26.0 Å². The molecular weight excluding hydrogens is 306 g/mol. The molecule has 0 aliphatic carbocycles. The molecule has 1 N–H and O–H groups in total. The number of aromatic amines is 1. The summed E-state index contributed by atoms with van der Waals surface area (Å²) in [7, 11) is 1.69. The van der Waals surface area contributed by atoms with Gasteiger partial charge in [-0.2, -0.15) is 0 Å². The van der Waals surface area contributed by atoms with Gasteiger partial charge in [-0.15, -0.1) is 0 Å². The summed E-state index contributed by atoms with van der Waals surface area (Å²) in [4.78, 5) is 21.9. The Morgan fingerprint density at radius 2 is 2.21 bits per heavy atom. The minimum Gasteiger partial charge on any atom is -0.494 e. The molecule has 1 aromatic carbocycles. The zero-order valence-electron chi connectivity index (χ0n) is 13.9. The Kier molecular flexibility index (Phi) is 5.48. The third-order valence-corrected chi connectivity index (χ3v) is 4.30. The summed E-state index contributed by atoms with van der Waals surface area (Å²) in [5.74, 6) is 1.77. The van der Waals surface area contributed by atoms with Crippen molar-refractivity contribution in [1.82, 2.24) is 14.9 Å². The van der Waals surface area contributed by atoms with Gasteiger partial charge in [-0.3, -0.25) is 4.79 Å². The van der Waals surface area contributed by atoms with E-state index in [2.05, 4.69) is 9.97 Å². The molecule has 6 heteroatoms. The Balaban J connectivity index is 1.51. The maximum Gasteiger partial charge on any atom is 0.223 e. The molecule has 128 valence electrons. The number of nitrogens with one attached hydrogen (secondary N) is 1. The molecule has 2 atom stereocenters. The number of benzene rings is 1. The lowest BCUT2D eigenvalue weighted by atomic mass is 10.2. The van der Waals surface area contributed by atoms with Crippen LogP contribution in [0.2, 0.25) is 0 Å². The Morgan fingerprint density at radius 1 is 1.38 bits per heavy atom. The number of imidazole rings is 1. The first kappa shape index (κ1) is 16.5. The van der Waals surface area contributed by atoms with E-state index in [4.69, 9.17) is 9.47 Å². The lowest BCUT2D eigenvalue weighted by molar-refractivity contribution is -0.132. The standard InChI is InChI=1S/C18H23N3O3/c1-23-15-12-16(18-19-9-10-20-18)21(13-15)17(22)8-5-11-24-14-6-3-2-4-7-14/h2-4,6-7,9-10,15-16H,5,8,11-13H2,1H3,(H,19,20)/t15-,16+/m1/s1. The number of hydrogen-bond acceptors (Lipinski definition) is 4. The largest absolute Gasteiger partial charge is 0.494 e. The van der Waals surface area contributed by atoms with Gasteiger partial charge in [-0.1, -0.05) is 18.2 Å². The van der Waals surface area contributed by atoms with Crippen LogP contribution in [-0.2, 0) is 9.53 Å². The van der Waals surface area contributed by atoms with E-state index in [1.807, 2.05) is 35.2 Å². The highest BCUT2D eigenvalue weighted by atomic mass is 16.5. The number of nitrogens with zero attached hydrogens (tertiary/aromatic N) is 2. The first-order valence-electron chi connectivity index (χ1n) is 8.27. The van der Waals surface area contributed by atoms with Crippen LogP contribution in [0, 0.1) is 0 Å². The van der Waals surface area contributed by atoms with Gasteiger partial charge >= 0.3 is 0 Å². The minimum atomic E-state index is -0.0347. The molecule has 0 bridgehead atoms. The molecule has 2 aromatic rings. The lowest BCUT2D eigenvalue weighted by Gasteiger charge is -2.23. The van der Waals surface area contributed by atoms with Gasteiger partial charge in [0.25, 0.3) is 0 Å². The van der Waals surface area contributed by atoms with Crippen LogP contribution in [0.25, 0.3) is 0 Å². The van der Waals surface area contributed by atoms with Crippen molar-refractivity contribution in [3.63, 3.8) is 0 Å². The quantitative estimate of drug-likeness (QED) is 0.793. The van der Waals surface area contributed by atoms with Gasteiger partial charge in [0, 0.05) is 38.9 Å². The van der Waals surface area contributed by atoms with E-state index in [0.717, 1.165) is 18.0 Å². The average Bonchev–Trinajstić information content (AvgIpc) is 3.28. The number of para-hydroxylation sites is 1. The van der Waals surface area contributed by atoms with Gasteiger partial charge in [0.05, 0.1) is 18.8 Å². The molecule has 0 unspecified atom stereocenters. The molecule has 1 aromatic heterocycles. The van der Waals surface area contributed by atoms with Gasteiger partial charge in [0.15, 0.2) is 0 Å². The molecular formula is C18H23N3O3. The Labute approximate surface area is 141 Å². The molecule has 0 spiro atoms. The molecule has 1 saturated heterocycles. The van der Waals surface area contributed by atoms with Crippen molar-refractivity contribution in [3.05, 3.63) is 48.5 Å². The smallest absolute Gasteiger partial charge is 0.223 e. The van der Waals surface area contributed by atoms with Crippen LogP contribution in [0.1, 0.15) is 31.1 Å². The number of aromatic nitrogens is 2. The fraction of sp³-hybridized carbons (Fsp3) is 0.444. The fourth-order valence-electron chi connectivity index (χ4n) is 3.04. The van der Waals surface area contributed by atoms with Crippen molar-refractivity contribution in [1.29, 1.82) is 0 Å². The number of carbonyl (C=O) groups excluding carboxylic acids is 1. The number of H-pyrrole nitrogens is 1. The van der Waals surface area contributed by atoms with Gasteiger partial charge in [-0.05, 0) is 18.6 Å². The number of rotatable bonds is 7. The normalized spacial score (nSPS) is 20.3. The third kappa shape index (κ3) is 3.94. The topological polar surface area (TPSA) is 67.5 Å². The first-order valence-corrected chi connectivity index (χ1v) is 8.27. The maximum atomic E-state index is 12.6. The maximum absolute atomic E-state index is 12.6. The van der Waals surface area contributed by atoms with E-state index in [-0.39, 0.29) is 18.1 Å². The molecule has 3 rings (SSSR count). The molecule has 24 heavy (non-hydrogen) atoms. The number of hydrogen-bond donors (Lipinski definition) is 1. The Morgan fingerprint density at radius 3 is 2.92 bits per heavy atom. The third-order valence-electron chi connectivity index (χ3n) is 4.30. The van der Waals surface area contributed by atoms with Crippen LogP contribution < -0.4 is 4.74 Å². The van der Waals surface area contributed by atoms with Crippen molar-refractivity contribution >= 4 is 5.91 Å². The van der Waals surface area contributed by atoms with Crippen LogP contribution in [0.5, 0.6) is 5.75 Å². The average molecular weight is 329 g/mol. The lowest BCUT2D eigenvalue weighted by Crippen LogP contribution is -2.32. The Hall–Kier alpha value is -2.34. The zero-order chi connectivity index (χ0) is 16.8. The number of ether oxygens (including phenoxy) is 2. The Bertz CT molecular complexity index is 630. The van der Waals surface area contributed by atoms with E-state index in [9.17, 15) is 4.79 Å². The molecule has 1 amide bonds. The predicted octanol–water partition coefficient (Wildman–Crippen LogP) is 2.56. The van der Waals surface area contributed by atoms with E-state index < -0.39 is 0 Å². The summed E-state index contributed by atoms with van der Waals surface area (Å²) in [6.45, 7) is 1.14. The summed E-state index contributed by atoms with van der Waals surface area (Å²) in [5.41, 5.74) is 0. The van der Waals surface area contributed by atoms with E-state index >= 15 is 0 Å². The van der Waals surface area contributed by atoms with Crippen LogP contribution in [-0.4, -0.2) is 47.1 Å². The number of amides is 1.